The first-order chi connectivity index (χ1) is 16.9. The predicted molar refractivity (Wildman–Crippen MR) is 129 cm³/mol. The Morgan fingerprint density at radius 1 is 1.11 bits per heavy atom. The average molecular weight is 470 g/mol. The maximum atomic E-state index is 13.6. The van der Waals surface area contributed by atoms with E-state index in [1.165, 1.54) is 25.0 Å². The van der Waals surface area contributed by atoms with Gasteiger partial charge in [-0.25, -0.2) is 9.37 Å². The summed E-state index contributed by atoms with van der Waals surface area (Å²) in [4.78, 5) is 12.6. The Labute approximate surface area is 201 Å². The Kier molecular flexibility index (Phi) is 4.11. The number of amidine groups is 1. The van der Waals surface area contributed by atoms with Crippen molar-refractivity contribution in [2.45, 2.75) is 38.8 Å². The highest BCUT2D eigenvalue weighted by Gasteiger charge is 2.56. The van der Waals surface area contributed by atoms with Crippen LogP contribution in [0.15, 0.2) is 70.4 Å². The summed E-state index contributed by atoms with van der Waals surface area (Å²) in [5.41, 5.74) is 5.04. The van der Waals surface area contributed by atoms with Gasteiger partial charge in [-0.3, -0.25) is 0 Å². The minimum absolute atomic E-state index is 0.224. The summed E-state index contributed by atoms with van der Waals surface area (Å²) in [7, 11) is 0. The molecule has 176 valence electrons. The lowest BCUT2D eigenvalue weighted by Gasteiger charge is -2.41. The minimum atomic E-state index is -0.770. The summed E-state index contributed by atoms with van der Waals surface area (Å²) < 4.78 is 21.2. The van der Waals surface area contributed by atoms with Gasteiger partial charge in [-0.2, -0.15) is 0 Å². The third-order valence-corrected chi connectivity index (χ3v) is 7.62. The number of nitrogens with zero attached hydrogens (tertiary/aromatic N) is 5. The number of hydrogen-bond acceptors (Lipinski definition) is 6. The van der Waals surface area contributed by atoms with E-state index in [0.29, 0.717) is 5.58 Å². The molecule has 4 aromatic rings. The molecule has 2 aliphatic heterocycles. The van der Waals surface area contributed by atoms with E-state index in [-0.39, 0.29) is 11.2 Å². The summed E-state index contributed by atoms with van der Waals surface area (Å²) in [5.74, 6) is 0.578. The first kappa shape index (κ1) is 20.4. The van der Waals surface area contributed by atoms with E-state index in [1.54, 1.807) is 24.7 Å². The van der Waals surface area contributed by atoms with E-state index >= 15 is 0 Å². The monoisotopic (exact) mass is 469 g/mol. The van der Waals surface area contributed by atoms with Gasteiger partial charge >= 0.3 is 0 Å². The zero-order valence-electron chi connectivity index (χ0n) is 19.5. The second-order valence-corrected chi connectivity index (χ2v) is 10.1. The molecule has 0 amide bonds. The van der Waals surface area contributed by atoms with Gasteiger partial charge in [0.2, 0.25) is 5.72 Å². The van der Waals surface area contributed by atoms with Crippen molar-refractivity contribution < 1.29 is 13.8 Å². The van der Waals surface area contributed by atoms with E-state index in [2.05, 4.69) is 32.3 Å². The van der Waals surface area contributed by atoms with Crippen molar-refractivity contribution in [2.75, 3.05) is 6.54 Å². The van der Waals surface area contributed by atoms with Gasteiger partial charge in [0, 0.05) is 25.2 Å². The molecule has 3 aliphatic rings. The lowest BCUT2D eigenvalue weighted by molar-refractivity contribution is -0.0968. The molecule has 8 heteroatoms. The zero-order valence-corrected chi connectivity index (χ0v) is 19.5. The van der Waals surface area contributed by atoms with Crippen molar-refractivity contribution in [3.63, 3.8) is 0 Å². The van der Waals surface area contributed by atoms with Crippen molar-refractivity contribution in [1.82, 2.24) is 19.6 Å². The number of fused-ring (bicyclic) bond motifs is 2. The normalized spacial score (nSPS) is 23.6. The van der Waals surface area contributed by atoms with E-state index in [1.807, 2.05) is 30.7 Å². The summed E-state index contributed by atoms with van der Waals surface area (Å²) in [6.07, 6.45) is 11.0. The molecule has 0 bridgehead atoms. The molecule has 0 radical (unpaired) electrons. The van der Waals surface area contributed by atoms with Crippen LogP contribution in [0.3, 0.4) is 0 Å². The van der Waals surface area contributed by atoms with Gasteiger partial charge in [0.25, 0.3) is 0 Å². The van der Waals surface area contributed by atoms with Gasteiger partial charge in [-0.05, 0) is 67.0 Å². The Hall–Kier alpha value is -3.94. The van der Waals surface area contributed by atoms with E-state index in [9.17, 15) is 4.39 Å². The van der Waals surface area contributed by atoms with Crippen LogP contribution < -0.4 is 0 Å². The van der Waals surface area contributed by atoms with Crippen LogP contribution in [0.1, 0.15) is 43.0 Å². The topological polar surface area (TPSA) is 68.7 Å². The van der Waals surface area contributed by atoms with Crippen LogP contribution in [-0.2, 0) is 10.6 Å². The molecule has 7 rings (SSSR count). The van der Waals surface area contributed by atoms with E-state index in [0.717, 1.165) is 52.3 Å². The molecule has 7 nitrogen and oxygen atoms in total. The molecule has 35 heavy (non-hydrogen) atoms. The Morgan fingerprint density at radius 3 is 2.69 bits per heavy atom. The van der Waals surface area contributed by atoms with Crippen LogP contribution in [0.4, 0.5) is 4.39 Å². The molecule has 2 aromatic heterocycles. The highest BCUT2D eigenvalue weighted by Crippen LogP contribution is 2.57. The Bertz CT molecular complexity index is 1530. The quantitative estimate of drug-likeness (QED) is 0.394. The molecular formula is C27H24FN5O2. The second-order valence-electron chi connectivity index (χ2n) is 10.1. The fourth-order valence-electron chi connectivity index (χ4n) is 5.39. The van der Waals surface area contributed by atoms with Crippen LogP contribution in [0.25, 0.3) is 22.7 Å². The van der Waals surface area contributed by atoms with Crippen LogP contribution >= 0.6 is 0 Å². The Balaban J connectivity index is 1.30. The number of halogens is 1. The number of hydrogen-bond donors (Lipinski definition) is 0. The second kappa shape index (κ2) is 7.04. The molecule has 1 aliphatic carbocycles. The van der Waals surface area contributed by atoms with Crippen LogP contribution in [0.5, 0.6) is 0 Å². The lowest BCUT2D eigenvalue weighted by Crippen LogP contribution is -2.50. The molecule has 4 heterocycles. The standard InChI is InChI=1S/C27H24FN5O2/c1-17-14-32(16-29-17)23-8-3-18(22-13-30-34-24(22)23)11-19-12-27(9-10-27)15-33-25(19)31-35-26(33,2)20-4-6-21(28)7-5-20/h3-8,11,13-14,16H,9-10,12,15H2,1-2H3/b19-11+. The number of aryl methyl sites for hydroxylation is 1. The van der Waals surface area contributed by atoms with Crippen molar-refractivity contribution in [2.24, 2.45) is 10.6 Å². The molecule has 1 atom stereocenters. The SMILES string of the molecule is Cc1cn(-c2ccc(/C=C3\CC4(CC4)CN4C3=NOC4(C)c3ccc(F)cc3)c3cnoc23)cn1. The van der Waals surface area contributed by atoms with Gasteiger partial charge in [0.1, 0.15) is 5.82 Å². The number of piperidine rings is 1. The van der Waals surface area contributed by atoms with Crippen molar-refractivity contribution >= 4 is 22.9 Å². The van der Waals surface area contributed by atoms with Crippen LogP contribution in [0, 0.1) is 18.2 Å². The summed E-state index contributed by atoms with van der Waals surface area (Å²) >= 11 is 0. The van der Waals surface area contributed by atoms with Gasteiger partial charge < -0.3 is 18.8 Å². The van der Waals surface area contributed by atoms with E-state index in [4.69, 9.17) is 9.36 Å². The molecule has 1 saturated heterocycles. The number of aromatic nitrogens is 3. The third kappa shape index (κ3) is 3.12. The Morgan fingerprint density at radius 2 is 1.94 bits per heavy atom. The average Bonchev–Trinajstić information content (AvgIpc) is 3.21. The first-order valence-corrected chi connectivity index (χ1v) is 11.8. The van der Waals surface area contributed by atoms with Gasteiger partial charge in [0.15, 0.2) is 11.4 Å². The van der Waals surface area contributed by atoms with Crippen molar-refractivity contribution in [3.05, 3.63) is 83.3 Å². The van der Waals surface area contributed by atoms with Crippen molar-refractivity contribution in [1.29, 1.82) is 0 Å². The molecule has 0 N–H and O–H groups in total. The van der Waals surface area contributed by atoms with Gasteiger partial charge in [-0.1, -0.05) is 28.5 Å². The minimum Gasteiger partial charge on any atom is -0.360 e. The van der Waals surface area contributed by atoms with Crippen molar-refractivity contribution in [3.8, 4) is 5.69 Å². The maximum absolute atomic E-state index is 13.6. The van der Waals surface area contributed by atoms with Gasteiger partial charge in [-0.15, -0.1) is 0 Å². The summed E-state index contributed by atoms with van der Waals surface area (Å²) in [5, 5.41) is 9.57. The zero-order chi connectivity index (χ0) is 23.8. The lowest BCUT2D eigenvalue weighted by atomic mass is 9.86. The largest absolute Gasteiger partial charge is 0.360 e. The highest BCUT2D eigenvalue weighted by atomic mass is 19.1. The molecule has 1 saturated carbocycles. The third-order valence-electron chi connectivity index (χ3n) is 7.62. The van der Waals surface area contributed by atoms with E-state index < -0.39 is 5.72 Å². The van der Waals surface area contributed by atoms with Gasteiger partial charge in [0.05, 0.1) is 29.3 Å². The smallest absolute Gasteiger partial charge is 0.234 e. The number of imidazole rings is 1. The molecular weight excluding hydrogens is 445 g/mol. The predicted octanol–water partition coefficient (Wildman–Crippen LogP) is 5.55. The molecule has 1 unspecified atom stereocenters. The molecule has 2 aromatic carbocycles. The number of benzene rings is 2. The summed E-state index contributed by atoms with van der Waals surface area (Å²) in [6.45, 7) is 4.84. The first-order valence-electron chi connectivity index (χ1n) is 11.8. The van der Waals surface area contributed by atoms with Crippen LogP contribution in [-0.4, -0.2) is 32.0 Å². The van der Waals surface area contributed by atoms with Crippen LogP contribution in [0.2, 0.25) is 0 Å². The number of oxime groups is 1. The fraction of sp³-hybridized carbons (Fsp3) is 0.296. The maximum Gasteiger partial charge on any atom is 0.234 e. The molecule has 2 fully saturated rings. The molecule has 1 spiro atoms. The summed E-state index contributed by atoms with van der Waals surface area (Å²) in [6, 6.07) is 10.6. The highest BCUT2D eigenvalue weighted by molar-refractivity contribution is 6.05. The number of rotatable bonds is 3. The fourth-order valence-corrected chi connectivity index (χ4v) is 5.39.